The first kappa shape index (κ1) is 29.1. The Labute approximate surface area is 242 Å². The Morgan fingerprint density at radius 2 is 1.70 bits per heavy atom. The number of hydrogen-bond acceptors (Lipinski definition) is 6. The van der Waals surface area contributed by atoms with E-state index in [2.05, 4.69) is 51.3 Å². The molecule has 2 aliphatic heterocycles. The molecule has 2 aromatic rings. The van der Waals surface area contributed by atoms with Gasteiger partial charge in [-0.25, -0.2) is 9.78 Å². The predicted molar refractivity (Wildman–Crippen MR) is 159 cm³/mol. The van der Waals surface area contributed by atoms with Gasteiger partial charge in [0.05, 0.1) is 23.4 Å². The summed E-state index contributed by atoms with van der Waals surface area (Å²) in [6.07, 6.45) is 3.06. The number of piperidine rings is 1. The van der Waals surface area contributed by atoms with Crippen molar-refractivity contribution in [1.29, 1.82) is 0 Å². The van der Waals surface area contributed by atoms with Crippen LogP contribution in [0.15, 0.2) is 23.6 Å². The van der Waals surface area contributed by atoms with Crippen molar-refractivity contribution in [3.8, 4) is 11.3 Å². The van der Waals surface area contributed by atoms with Crippen molar-refractivity contribution >= 4 is 23.3 Å². The van der Waals surface area contributed by atoms with E-state index in [1.54, 1.807) is 32.1 Å². The molecule has 3 heterocycles. The van der Waals surface area contributed by atoms with Crippen LogP contribution in [0, 0.1) is 0 Å². The van der Waals surface area contributed by atoms with E-state index in [0.717, 1.165) is 23.5 Å². The lowest BCUT2D eigenvalue weighted by Crippen LogP contribution is -2.50. The average Bonchev–Trinajstić information content (AvgIpc) is 3.53. The van der Waals surface area contributed by atoms with E-state index in [1.807, 2.05) is 4.90 Å². The summed E-state index contributed by atoms with van der Waals surface area (Å²) < 4.78 is 5.50. The topological polar surface area (TPSA) is 83.0 Å². The monoisotopic (exact) mass is 567 g/mol. The molecule has 0 spiro atoms. The zero-order valence-corrected chi connectivity index (χ0v) is 25.9. The van der Waals surface area contributed by atoms with E-state index in [1.165, 1.54) is 34.4 Å². The fourth-order valence-electron chi connectivity index (χ4n) is 6.48. The first-order valence-electron chi connectivity index (χ1n) is 14.7. The molecule has 2 amide bonds. The maximum atomic E-state index is 13.4. The Hall–Kier alpha value is -2.45. The smallest absolute Gasteiger partial charge is 0.411 e. The molecule has 8 heteroatoms. The Morgan fingerprint density at radius 3 is 2.35 bits per heavy atom. The molecule has 3 aliphatic rings. The van der Waals surface area contributed by atoms with E-state index in [4.69, 9.17) is 9.72 Å². The second-order valence-electron chi connectivity index (χ2n) is 14.2. The minimum Gasteiger partial charge on any atom is -0.444 e. The summed E-state index contributed by atoms with van der Waals surface area (Å²) in [7, 11) is 0. The molecule has 40 heavy (non-hydrogen) atoms. The largest absolute Gasteiger partial charge is 0.444 e. The maximum absolute atomic E-state index is 13.4. The summed E-state index contributed by atoms with van der Waals surface area (Å²) in [5.74, 6) is 0.215. The van der Waals surface area contributed by atoms with E-state index in [-0.39, 0.29) is 29.7 Å². The van der Waals surface area contributed by atoms with Crippen LogP contribution in [0.5, 0.6) is 0 Å². The molecule has 0 radical (unpaired) electrons. The third-order valence-corrected chi connectivity index (χ3v) is 10.0. The van der Waals surface area contributed by atoms with Crippen LogP contribution < -0.4 is 0 Å². The summed E-state index contributed by atoms with van der Waals surface area (Å²) in [5, 5.41) is 13.5. The molecule has 2 atom stereocenters. The molecule has 0 saturated carbocycles. The highest BCUT2D eigenvalue weighted by atomic mass is 32.1. The molecule has 2 saturated heterocycles. The van der Waals surface area contributed by atoms with Gasteiger partial charge in [-0.15, -0.1) is 11.3 Å². The fourth-order valence-corrected chi connectivity index (χ4v) is 7.48. The van der Waals surface area contributed by atoms with Gasteiger partial charge in [-0.1, -0.05) is 39.8 Å². The second kappa shape index (κ2) is 10.4. The SMILES string of the molecule is CC(C)(C)OC(=O)N1C[C@@H](O)C[C@@H]1C(=O)N1CCC(c2nc(-c3ccc4c(c3)C(C)(C)CCC4(C)C)cs2)CC1. The number of thiazole rings is 1. The lowest BCUT2D eigenvalue weighted by Gasteiger charge is -2.42. The molecule has 218 valence electrons. The number of carbonyl (C=O) groups is 2. The number of amides is 2. The fraction of sp³-hybridized carbons (Fsp3) is 0.656. The van der Waals surface area contributed by atoms with Crippen molar-refractivity contribution in [2.45, 2.75) is 115 Å². The van der Waals surface area contributed by atoms with Crippen molar-refractivity contribution in [3.63, 3.8) is 0 Å². The van der Waals surface area contributed by atoms with Crippen LogP contribution >= 0.6 is 11.3 Å². The standard InChI is InChI=1S/C32H45N3O4S/c1-30(2,3)39-29(38)35-18-22(36)17-26(35)28(37)34-14-10-20(11-15-34)27-33-25(19-40-27)21-8-9-23-24(16-21)32(6,7)13-12-31(23,4)5/h8-9,16,19-20,22,26,36H,10-15,17-18H2,1-7H3/t22-,26+/m0/s1. The highest BCUT2D eigenvalue weighted by Gasteiger charge is 2.43. The van der Waals surface area contributed by atoms with Gasteiger partial charge in [0.2, 0.25) is 5.91 Å². The van der Waals surface area contributed by atoms with Gasteiger partial charge in [-0.05, 0) is 74.5 Å². The van der Waals surface area contributed by atoms with Crippen LogP contribution in [0.25, 0.3) is 11.3 Å². The molecule has 0 bridgehead atoms. The molecule has 1 aromatic heterocycles. The number of β-amino-alcohol motifs (C(OH)–C–C–N with tert-alkyl or cyclic N) is 1. The first-order valence-corrected chi connectivity index (χ1v) is 15.6. The lowest BCUT2D eigenvalue weighted by molar-refractivity contribution is -0.137. The van der Waals surface area contributed by atoms with E-state index >= 15 is 0 Å². The van der Waals surface area contributed by atoms with Gasteiger partial charge in [0.25, 0.3) is 0 Å². The molecule has 7 nitrogen and oxygen atoms in total. The number of benzene rings is 1. The van der Waals surface area contributed by atoms with Gasteiger partial charge < -0.3 is 14.7 Å². The van der Waals surface area contributed by atoms with Gasteiger partial charge in [0.1, 0.15) is 11.6 Å². The zero-order valence-electron chi connectivity index (χ0n) is 25.1. The van der Waals surface area contributed by atoms with Gasteiger partial charge >= 0.3 is 6.09 Å². The number of rotatable bonds is 3. The third-order valence-electron chi connectivity index (χ3n) is 9.02. The van der Waals surface area contributed by atoms with Crippen LogP contribution in [0.1, 0.15) is 103 Å². The highest BCUT2D eigenvalue weighted by molar-refractivity contribution is 7.10. The van der Waals surface area contributed by atoms with E-state index in [9.17, 15) is 14.7 Å². The Bertz CT molecular complexity index is 1270. The summed E-state index contributed by atoms with van der Waals surface area (Å²) in [4.78, 5) is 34.5. The van der Waals surface area contributed by atoms with Crippen LogP contribution in [0.2, 0.25) is 0 Å². The molecule has 2 fully saturated rings. The number of fused-ring (bicyclic) bond motifs is 1. The summed E-state index contributed by atoms with van der Waals surface area (Å²) in [6, 6.07) is 6.23. The predicted octanol–water partition coefficient (Wildman–Crippen LogP) is 6.24. The van der Waals surface area contributed by atoms with Crippen LogP contribution in [0.3, 0.4) is 0 Å². The number of hydrogen-bond donors (Lipinski definition) is 1. The molecule has 0 unspecified atom stereocenters. The number of aliphatic hydroxyl groups is 1. The Balaban J connectivity index is 1.24. The van der Waals surface area contributed by atoms with E-state index in [0.29, 0.717) is 19.0 Å². The van der Waals surface area contributed by atoms with Crippen LogP contribution in [0.4, 0.5) is 4.79 Å². The summed E-state index contributed by atoms with van der Waals surface area (Å²) in [6.45, 7) is 16.2. The lowest BCUT2D eigenvalue weighted by atomic mass is 9.63. The number of aliphatic hydroxyl groups excluding tert-OH is 1. The number of carbonyl (C=O) groups excluding carboxylic acids is 2. The second-order valence-corrected chi connectivity index (χ2v) is 15.1. The number of aromatic nitrogens is 1. The van der Waals surface area contributed by atoms with Crippen molar-refractivity contribution in [1.82, 2.24) is 14.8 Å². The molecule has 5 rings (SSSR count). The normalized spacial score (nSPS) is 24.6. The van der Waals surface area contributed by atoms with Crippen molar-refractivity contribution in [3.05, 3.63) is 39.7 Å². The molecular formula is C32H45N3O4S. The van der Waals surface area contributed by atoms with Crippen LogP contribution in [-0.2, 0) is 20.4 Å². The third kappa shape index (κ3) is 5.80. The van der Waals surface area contributed by atoms with E-state index < -0.39 is 23.8 Å². The van der Waals surface area contributed by atoms with Crippen molar-refractivity contribution in [2.24, 2.45) is 0 Å². The quantitative estimate of drug-likeness (QED) is 0.475. The number of ether oxygens (including phenoxy) is 1. The Kier molecular flexibility index (Phi) is 7.58. The average molecular weight is 568 g/mol. The van der Waals surface area contributed by atoms with Crippen molar-refractivity contribution < 1.29 is 19.4 Å². The molecule has 1 aromatic carbocycles. The molecule has 1 aliphatic carbocycles. The molecule has 1 N–H and O–H groups in total. The van der Waals surface area contributed by atoms with Gasteiger partial charge in [0, 0.05) is 36.4 Å². The first-order chi connectivity index (χ1) is 18.6. The van der Waals surface area contributed by atoms with Gasteiger partial charge in [-0.2, -0.15) is 0 Å². The molecular weight excluding hydrogens is 522 g/mol. The zero-order chi connectivity index (χ0) is 29.0. The maximum Gasteiger partial charge on any atom is 0.411 e. The van der Waals surface area contributed by atoms with Crippen LogP contribution in [-0.4, -0.2) is 69.3 Å². The van der Waals surface area contributed by atoms with Crippen molar-refractivity contribution in [2.75, 3.05) is 19.6 Å². The summed E-state index contributed by atoms with van der Waals surface area (Å²) in [5.41, 5.74) is 4.82. The Morgan fingerprint density at radius 1 is 1.05 bits per heavy atom. The highest BCUT2D eigenvalue weighted by Crippen LogP contribution is 2.47. The minimum absolute atomic E-state index is 0.0970. The van der Waals surface area contributed by atoms with Gasteiger partial charge in [0.15, 0.2) is 0 Å². The van der Waals surface area contributed by atoms with Gasteiger partial charge in [-0.3, -0.25) is 9.69 Å². The number of nitrogens with zero attached hydrogens (tertiary/aromatic N) is 3. The minimum atomic E-state index is -0.715. The number of likely N-dealkylation sites (tertiary alicyclic amines) is 2. The summed E-state index contributed by atoms with van der Waals surface area (Å²) >= 11 is 1.72.